The fraction of sp³-hybridized carbons (Fsp3) is 0.400. The van der Waals surface area contributed by atoms with Crippen molar-refractivity contribution in [1.82, 2.24) is 4.90 Å². The first-order chi connectivity index (χ1) is 9.28. The van der Waals surface area contributed by atoms with E-state index >= 15 is 0 Å². The highest BCUT2D eigenvalue weighted by molar-refractivity contribution is 7.80. The molecule has 3 rings (SSSR count). The van der Waals surface area contributed by atoms with Crippen LogP contribution in [-0.4, -0.2) is 29.6 Å². The number of fused-ring (bicyclic) bond motifs is 1. The average Bonchev–Trinajstić information content (AvgIpc) is 3.00. The number of carbonyl (C=O) groups is 1. The summed E-state index contributed by atoms with van der Waals surface area (Å²) in [6.07, 6.45) is 1.63. The molecule has 0 aliphatic carbocycles. The van der Waals surface area contributed by atoms with Crippen molar-refractivity contribution < 1.29 is 4.79 Å². The summed E-state index contributed by atoms with van der Waals surface area (Å²) in [5.74, 6) is 1.54. The summed E-state index contributed by atoms with van der Waals surface area (Å²) in [6, 6.07) is 8.48. The van der Waals surface area contributed by atoms with E-state index in [1.807, 2.05) is 4.90 Å². The number of nitrogens with zero attached hydrogens (tertiary/aromatic N) is 1. The van der Waals surface area contributed by atoms with Gasteiger partial charge < -0.3 is 4.90 Å². The predicted molar refractivity (Wildman–Crippen MR) is 84.1 cm³/mol. The largest absolute Gasteiger partial charge is 0.342 e. The predicted octanol–water partition coefficient (Wildman–Crippen LogP) is 3.22. The zero-order valence-corrected chi connectivity index (χ0v) is 12.4. The van der Waals surface area contributed by atoms with Gasteiger partial charge in [0.05, 0.1) is 0 Å². The van der Waals surface area contributed by atoms with Crippen LogP contribution < -0.4 is 0 Å². The number of thiophene rings is 1. The second-order valence-corrected chi connectivity index (χ2v) is 6.38. The normalized spacial score (nSPS) is 19.5. The van der Waals surface area contributed by atoms with Crippen molar-refractivity contribution in [3.05, 3.63) is 35.2 Å². The van der Waals surface area contributed by atoms with Gasteiger partial charge in [0, 0.05) is 24.2 Å². The molecule has 0 N–H and O–H groups in total. The molecule has 19 heavy (non-hydrogen) atoms. The molecular formula is C15H17NOS2. The number of amides is 1. The molecule has 0 spiro atoms. The molecule has 2 aromatic rings. The van der Waals surface area contributed by atoms with Gasteiger partial charge in [-0.25, -0.2) is 0 Å². The van der Waals surface area contributed by atoms with Crippen molar-refractivity contribution in [3.8, 4) is 0 Å². The summed E-state index contributed by atoms with van der Waals surface area (Å²) in [7, 11) is 0. The van der Waals surface area contributed by atoms with Crippen LogP contribution in [0.25, 0.3) is 10.1 Å². The van der Waals surface area contributed by atoms with E-state index in [4.69, 9.17) is 0 Å². The molecular weight excluding hydrogens is 274 g/mol. The van der Waals surface area contributed by atoms with Crippen LogP contribution >= 0.6 is 24.0 Å². The molecule has 0 bridgehead atoms. The van der Waals surface area contributed by atoms with Crippen LogP contribution in [0, 0.1) is 5.92 Å². The topological polar surface area (TPSA) is 20.3 Å². The maximum Gasteiger partial charge on any atom is 0.222 e. The third-order valence-electron chi connectivity index (χ3n) is 3.77. The van der Waals surface area contributed by atoms with E-state index in [2.05, 4.69) is 42.3 Å². The van der Waals surface area contributed by atoms with E-state index < -0.39 is 0 Å². The van der Waals surface area contributed by atoms with Crippen LogP contribution in [0.4, 0.5) is 0 Å². The van der Waals surface area contributed by atoms with Gasteiger partial charge in [-0.1, -0.05) is 18.2 Å². The summed E-state index contributed by atoms with van der Waals surface area (Å²) >= 11 is 6.08. The van der Waals surface area contributed by atoms with E-state index in [9.17, 15) is 4.79 Å². The zero-order chi connectivity index (χ0) is 13.2. The highest BCUT2D eigenvalue weighted by Crippen LogP contribution is 2.27. The lowest BCUT2D eigenvalue weighted by Gasteiger charge is -2.15. The van der Waals surface area contributed by atoms with Crippen LogP contribution in [0.2, 0.25) is 0 Å². The summed E-state index contributed by atoms with van der Waals surface area (Å²) in [5, 5.41) is 3.56. The summed E-state index contributed by atoms with van der Waals surface area (Å²) < 4.78 is 1.33. The Morgan fingerprint density at radius 1 is 1.37 bits per heavy atom. The van der Waals surface area contributed by atoms with Gasteiger partial charge in [-0.05, 0) is 40.5 Å². The fourth-order valence-corrected chi connectivity index (χ4v) is 3.92. The van der Waals surface area contributed by atoms with Gasteiger partial charge in [0.1, 0.15) is 0 Å². The smallest absolute Gasteiger partial charge is 0.222 e. The lowest BCUT2D eigenvalue weighted by atomic mass is 10.1. The molecule has 2 nitrogen and oxygen atoms in total. The minimum atomic E-state index is 0.290. The van der Waals surface area contributed by atoms with E-state index in [1.165, 1.54) is 15.6 Å². The number of hydrogen-bond acceptors (Lipinski definition) is 3. The third-order valence-corrected chi connectivity index (χ3v) is 5.29. The zero-order valence-electron chi connectivity index (χ0n) is 10.7. The Morgan fingerprint density at radius 3 is 3.00 bits per heavy atom. The first-order valence-electron chi connectivity index (χ1n) is 6.61. The molecule has 1 aromatic carbocycles. The molecule has 1 aliphatic heterocycles. The van der Waals surface area contributed by atoms with Crippen molar-refractivity contribution in [2.24, 2.45) is 5.92 Å². The van der Waals surface area contributed by atoms with Gasteiger partial charge in [0.2, 0.25) is 5.91 Å². The monoisotopic (exact) mass is 291 g/mol. The standard InChI is InChI=1S/C15H17NOS2/c17-15-7-11(9-18)8-16(15)6-5-12-10-19-14-4-2-1-3-13(12)14/h1-4,10-11,18H,5-9H2. The summed E-state index contributed by atoms with van der Waals surface area (Å²) in [5.41, 5.74) is 1.36. The lowest BCUT2D eigenvalue weighted by Crippen LogP contribution is -2.27. The fourth-order valence-electron chi connectivity index (χ4n) is 2.67. The number of hydrogen-bond donors (Lipinski definition) is 1. The SMILES string of the molecule is O=C1CC(CS)CN1CCc1csc2ccccc12. The quantitative estimate of drug-likeness (QED) is 0.858. The Labute approximate surface area is 122 Å². The Bertz CT molecular complexity index is 593. The molecule has 1 atom stereocenters. The van der Waals surface area contributed by atoms with Gasteiger partial charge in [-0.2, -0.15) is 12.6 Å². The maximum absolute atomic E-state index is 11.9. The van der Waals surface area contributed by atoms with Crippen LogP contribution in [-0.2, 0) is 11.2 Å². The Hall–Kier alpha value is -1.00. The lowest BCUT2D eigenvalue weighted by molar-refractivity contribution is -0.127. The number of carbonyl (C=O) groups excluding carboxylic acids is 1. The van der Waals surface area contributed by atoms with Crippen molar-refractivity contribution >= 4 is 40.0 Å². The Morgan fingerprint density at radius 2 is 2.21 bits per heavy atom. The first-order valence-corrected chi connectivity index (χ1v) is 8.13. The number of rotatable bonds is 4. The molecule has 1 unspecified atom stereocenters. The first kappa shape index (κ1) is 13.0. The molecule has 1 aliphatic rings. The highest BCUT2D eigenvalue weighted by Gasteiger charge is 2.28. The van der Waals surface area contributed by atoms with E-state index in [-0.39, 0.29) is 0 Å². The van der Waals surface area contributed by atoms with Gasteiger partial charge in [0.25, 0.3) is 0 Å². The highest BCUT2D eigenvalue weighted by atomic mass is 32.1. The van der Waals surface area contributed by atoms with Crippen LogP contribution in [0.5, 0.6) is 0 Å². The van der Waals surface area contributed by atoms with Gasteiger partial charge >= 0.3 is 0 Å². The van der Waals surface area contributed by atoms with Crippen molar-refractivity contribution in [1.29, 1.82) is 0 Å². The van der Waals surface area contributed by atoms with E-state index in [0.717, 1.165) is 25.3 Å². The van der Waals surface area contributed by atoms with E-state index in [1.54, 1.807) is 11.3 Å². The minimum absolute atomic E-state index is 0.290. The molecule has 0 saturated carbocycles. The molecule has 1 saturated heterocycles. The van der Waals surface area contributed by atoms with Crippen molar-refractivity contribution in [3.63, 3.8) is 0 Å². The third kappa shape index (κ3) is 2.65. The second kappa shape index (κ2) is 5.55. The Kier molecular flexibility index (Phi) is 3.80. The van der Waals surface area contributed by atoms with Crippen LogP contribution in [0.3, 0.4) is 0 Å². The average molecular weight is 291 g/mol. The molecule has 100 valence electrons. The summed E-state index contributed by atoms with van der Waals surface area (Å²) in [4.78, 5) is 13.9. The molecule has 2 heterocycles. The Balaban J connectivity index is 1.68. The van der Waals surface area contributed by atoms with Crippen LogP contribution in [0.1, 0.15) is 12.0 Å². The molecule has 1 fully saturated rings. The van der Waals surface area contributed by atoms with Crippen molar-refractivity contribution in [2.45, 2.75) is 12.8 Å². The van der Waals surface area contributed by atoms with Gasteiger partial charge in [0.15, 0.2) is 0 Å². The molecule has 4 heteroatoms. The second-order valence-electron chi connectivity index (χ2n) is 5.10. The molecule has 0 radical (unpaired) electrons. The number of likely N-dealkylation sites (tertiary alicyclic amines) is 1. The summed E-state index contributed by atoms with van der Waals surface area (Å²) in [6.45, 7) is 1.72. The van der Waals surface area contributed by atoms with Crippen LogP contribution in [0.15, 0.2) is 29.6 Å². The van der Waals surface area contributed by atoms with E-state index in [0.29, 0.717) is 18.2 Å². The number of benzene rings is 1. The number of thiol groups is 1. The maximum atomic E-state index is 11.9. The minimum Gasteiger partial charge on any atom is -0.342 e. The van der Waals surface area contributed by atoms with Crippen molar-refractivity contribution in [2.75, 3.05) is 18.8 Å². The van der Waals surface area contributed by atoms with Gasteiger partial charge in [-0.15, -0.1) is 11.3 Å². The molecule has 1 amide bonds. The van der Waals surface area contributed by atoms with Gasteiger partial charge in [-0.3, -0.25) is 4.79 Å². The molecule has 1 aromatic heterocycles.